The van der Waals surface area contributed by atoms with Gasteiger partial charge in [-0.25, -0.2) is 0 Å². The summed E-state index contributed by atoms with van der Waals surface area (Å²) in [6, 6.07) is 9.61. The van der Waals surface area contributed by atoms with Crippen LogP contribution in [0.4, 0.5) is 0 Å². The van der Waals surface area contributed by atoms with E-state index in [1.165, 1.54) is 0 Å². The smallest absolute Gasteiger partial charge is 0.141 e. The van der Waals surface area contributed by atoms with Crippen molar-refractivity contribution < 1.29 is 34.6 Å². The summed E-state index contributed by atoms with van der Waals surface area (Å²) in [5.41, 5.74) is 3.29. The zero-order chi connectivity index (χ0) is 22.8. The average Bonchev–Trinajstić information content (AvgIpc) is 2.81. The highest BCUT2D eigenvalue weighted by molar-refractivity contribution is 6.33. The van der Waals surface area contributed by atoms with Gasteiger partial charge in [-0.05, 0) is 55.0 Å². The predicted octanol–water partition coefficient (Wildman–Crippen LogP) is 2.17. The van der Waals surface area contributed by atoms with Gasteiger partial charge in [0.15, 0.2) is 0 Å². The maximum absolute atomic E-state index is 10.7. The molecule has 2 aromatic carbocycles. The monoisotopic (exact) mass is 464 g/mol. The number of aliphatic hydroxyl groups excluding tert-OH is 4. The molecule has 5 unspecified atom stereocenters. The fourth-order valence-corrected chi connectivity index (χ4v) is 4.70. The van der Waals surface area contributed by atoms with Crippen LogP contribution in [0.2, 0.25) is 5.02 Å². The zero-order valence-electron chi connectivity index (χ0n) is 17.9. The maximum atomic E-state index is 10.7. The standard InChI is InChI=1S/C24H29ClO7/c1-2-30-15-7-5-13(6-8-15)10-14-11-17(16-4-3-9-31-23(16)19(14)25)24-22(29)21(28)20(27)18(12-26)32-24/h5-8,11,18,20-22,24,26-29H,2-4,9-10,12H2,1H3. The molecule has 4 rings (SSSR count). The molecular formula is C24H29ClO7. The molecule has 2 aliphatic rings. The van der Waals surface area contributed by atoms with Crippen molar-refractivity contribution in [2.24, 2.45) is 0 Å². The van der Waals surface area contributed by atoms with E-state index in [0.717, 1.165) is 28.9 Å². The average molecular weight is 465 g/mol. The highest BCUT2D eigenvalue weighted by Gasteiger charge is 2.45. The van der Waals surface area contributed by atoms with Gasteiger partial charge in [-0.1, -0.05) is 29.8 Å². The third-order valence-corrected chi connectivity index (χ3v) is 6.49. The number of hydrogen-bond acceptors (Lipinski definition) is 7. The van der Waals surface area contributed by atoms with Crippen LogP contribution < -0.4 is 9.47 Å². The number of hydrogen-bond donors (Lipinski definition) is 4. The molecule has 2 aliphatic heterocycles. The van der Waals surface area contributed by atoms with Gasteiger partial charge in [-0.3, -0.25) is 0 Å². The van der Waals surface area contributed by atoms with Gasteiger partial charge < -0.3 is 34.6 Å². The van der Waals surface area contributed by atoms with Crippen LogP contribution in [0, 0.1) is 0 Å². The van der Waals surface area contributed by atoms with Crippen molar-refractivity contribution in [1.29, 1.82) is 0 Å². The van der Waals surface area contributed by atoms with Crippen LogP contribution in [0.15, 0.2) is 30.3 Å². The zero-order valence-corrected chi connectivity index (χ0v) is 18.7. The molecule has 1 saturated heterocycles. The van der Waals surface area contributed by atoms with Crippen LogP contribution in [0.3, 0.4) is 0 Å². The van der Waals surface area contributed by atoms with E-state index in [2.05, 4.69) is 0 Å². The molecule has 0 bridgehead atoms. The fraction of sp³-hybridized carbons (Fsp3) is 0.500. The summed E-state index contributed by atoms with van der Waals surface area (Å²) in [5.74, 6) is 1.35. The fourth-order valence-electron chi connectivity index (χ4n) is 4.41. The molecule has 2 aromatic rings. The molecular weight excluding hydrogens is 436 g/mol. The van der Waals surface area contributed by atoms with Crippen LogP contribution in [-0.2, 0) is 17.6 Å². The SMILES string of the molecule is CCOc1ccc(Cc2cc(C3OC(CO)C(O)C(O)C3O)c3c(c2Cl)OCCC3)cc1. The first-order valence-corrected chi connectivity index (χ1v) is 11.3. The van der Waals surface area contributed by atoms with Crippen LogP contribution in [0.25, 0.3) is 0 Å². The Bertz CT molecular complexity index is 931. The molecule has 5 atom stereocenters. The molecule has 0 aliphatic carbocycles. The minimum absolute atomic E-state index is 0.479. The Kier molecular flexibility index (Phi) is 7.24. The number of ether oxygens (including phenoxy) is 3. The molecule has 4 N–H and O–H groups in total. The van der Waals surface area contributed by atoms with Crippen molar-refractivity contribution >= 4 is 11.6 Å². The molecule has 0 spiro atoms. The highest BCUT2D eigenvalue weighted by Crippen LogP contribution is 2.44. The lowest BCUT2D eigenvalue weighted by atomic mass is 9.85. The Hall–Kier alpha value is -1.87. The maximum Gasteiger partial charge on any atom is 0.141 e. The Morgan fingerprint density at radius 1 is 1.09 bits per heavy atom. The number of halogens is 1. The minimum atomic E-state index is -1.45. The van der Waals surface area contributed by atoms with Crippen LogP contribution >= 0.6 is 11.6 Å². The van der Waals surface area contributed by atoms with E-state index in [-0.39, 0.29) is 0 Å². The first kappa shape index (κ1) is 23.3. The Morgan fingerprint density at radius 3 is 2.53 bits per heavy atom. The van der Waals surface area contributed by atoms with E-state index < -0.39 is 37.1 Å². The number of aliphatic hydroxyl groups is 4. The molecule has 0 aromatic heterocycles. The second-order valence-corrected chi connectivity index (χ2v) is 8.58. The summed E-state index contributed by atoms with van der Waals surface area (Å²) >= 11 is 6.73. The van der Waals surface area contributed by atoms with Crippen LogP contribution in [0.5, 0.6) is 11.5 Å². The van der Waals surface area contributed by atoms with Gasteiger partial charge in [-0.15, -0.1) is 0 Å². The van der Waals surface area contributed by atoms with Gasteiger partial charge in [0.2, 0.25) is 0 Å². The Labute approximate surface area is 192 Å². The molecule has 0 saturated carbocycles. The van der Waals surface area contributed by atoms with E-state index in [9.17, 15) is 20.4 Å². The first-order valence-electron chi connectivity index (χ1n) is 10.9. The van der Waals surface area contributed by atoms with Gasteiger partial charge in [0.1, 0.15) is 42.0 Å². The molecule has 174 valence electrons. The van der Waals surface area contributed by atoms with Crippen molar-refractivity contribution in [3.8, 4) is 11.5 Å². The summed E-state index contributed by atoms with van der Waals surface area (Å²) in [5, 5.41) is 41.3. The number of rotatable bonds is 6. The predicted molar refractivity (Wildman–Crippen MR) is 118 cm³/mol. The largest absolute Gasteiger partial charge is 0.494 e. The van der Waals surface area contributed by atoms with Crippen LogP contribution in [0.1, 0.15) is 41.7 Å². The summed E-state index contributed by atoms with van der Waals surface area (Å²) in [7, 11) is 0. The number of benzene rings is 2. The van der Waals surface area contributed by atoms with E-state index in [1.807, 2.05) is 37.3 Å². The molecule has 8 heteroatoms. The van der Waals surface area contributed by atoms with E-state index in [1.54, 1.807) is 0 Å². The summed E-state index contributed by atoms with van der Waals surface area (Å²) in [6.45, 7) is 2.58. The molecule has 7 nitrogen and oxygen atoms in total. The van der Waals surface area contributed by atoms with Crippen molar-refractivity contribution in [1.82, 2.24) is 0 Å². The van der Waals surface area contributed by atoms with Gasteiger partial charge in [0.25, 0.3) is 0 Å². The topological polar surface area (TPSA) is 109 Å². The number of fused-ring (bicyclic) bond motifs is 1. The van der Waals surface area contributed by atoms with Gasteiger partial charge in [0.05, 0.1) is 24.8 Å². The third-order valence-electron chi connectivity index (χ3n) is 6.08. The van der Waals surface area contributed by atoms with Gasteiger partial charge >= 0.3 is 0 Å². The second-order valence-electron chi connectivity index (χ2n) is 8.20. The van der Waals surface area contributed by atoms with Gasteiger partial charge in [-0.2, -0.15) is 0 Å². The lowest BCUT2D eigenvalue weighted by molar-refractivity contribution is -0.232. The molecule has 2 heterocycles. The normalized spacial score (nSPS) is 27.5. The summed E-state index contributed by atoms with van der Waals surface area (Å²) in [4.78, 5) is 0. The third kappa shape index (κ3) is 4.46. The van der Waals surface area contributed by atoms with E-state index in [0.29, 0.717) is 42.4 Å². The van der Waals surface area contributed by atoms with Crippen molar-refractivity contribution in [2.75, 3.05) is 19.8 Å². The molecule has 0 radical (unpaired) electrons. The minimum Gasteiger partial charge on any atom is -0.494 e. The molecule has 0 amide bonds. The Morgan fingerprint density at radius 2 is 1.84 bits per heavy atom. The van der Waals surface area contributed by atoms with E-state index in [4.69, 9.17) is 25.8 Å². The first-order chi connectivity index (χ1) is 15.4. The lowest BCUT2D eigenvalue weighted by Gasteiger charge is -2.41. The highest BCUT2D eigenvalue weighted by atomic mass is 35.5. The lowest BCUT2D eigenvalue weighted by Crippen LogP contribution is -2.55. The summed E-state index contributed by atoms with van der Waals surface area (Å²) < 4.78 is 17.3. The molecule has 1 fully saturated rings. The van der Waals surface area contributed by atoms with Gasteiger partial charge in [0, 0.05) is 5.56 Å². The van der Waals surface area contributed by atoms with Crippen molar-refractivity contribution in [3.05, 3.63) is 57.6 Å². The van der Waals surface area contributed by atoms with Crippen molar-refractivity contribution in [3.63, 3.8) is 0 Å². The molecule has 32 heavy (non-hydrogen) atoms. The van der Waals surface area contributed by atoms with E-state index >= 15 is 0 Å². The Balaban J connectivity index is 1.72. The summed E-state index contributed by atoms with van der Waals surface area (Å²) in [6.07, 6.45) is -4.15. The van der Waals surface area contributed by atoms with Crippen molar-refractivity contribution in [2.45, 2.75) is 56.7 Å². The van der Waals surface area contributed by atoms with Crippen LogP contribution in [-0.4, -0.2) is 64.7 Å². The second kappa shape index (κ2) is 9.95. The quantitative estimate of drug-likeness (QED) is 0.518.